The molecule has 0 saturated carbocycles. The molecule has 0 spiro atoms. The van der Waals surface area contributed by atoms with Crippen molar-refractivity contribution < 1.29 is 9.46 Å². The summed E-state index contributed by atoms with van der Waals surface area (Å²) in [6.07, 6.45) is 22.7. The van der Waals surface area contributed by atoms with Gasteiger partial charge in [0.1, 0.15) is 6.16 Å². The van der Waals surface area contributed by atoms with Crippen LogP contribution in [0.25, 0.3) is 0 Å². The highest BCUT2D eigenvalue weighted by Gasteiger charge is 1.98. The topological polar surface area (TPSA) is 40.1 Å². The first-order valence-electron chi connectivity index (χ1n) is 9.04. The molecule has 1 unspecified atom stereocenters. The average molecular weight is 314 g/mol. The van der Waals surface area contributed by atoms with Gasteiger partial charge in [0.15, 0.2) is 0 Å². The van der Waals surface area contributed by atoms with Crippen molar-refractivity contribution in [3.8, 4) is 0 Å². The lowest BCUT2D eigenvalue weighted by Gasteiger charge is -1.99. The SMILES string of the molecule is CCCCCCCCC=CCCCCCCCC[P+](=O)[O-]. The lowest BCUT2D eigenvalue weighted by molar-refractivity contribution is -0.164. The molecule has 2 nitrogen and oxygen atoms in total. The Morgan fingerprint density at radius 3 is 1.62 bits per heavy atom. The highest BCUT2D eigenvalue weighted by Crippen LogP contribution is 2.13. The normalized spacial score (nSPS) is 12.2. The lowest BCUT2D eigenvalue weighted by Crippen LogP contribution is -1.91. The quantitative estimate of drug-likeness (QED) is 0.195. The molecule has 0 bridgehead atoms. The van der Waals surface area contributed by atoms with E-state index >= 15 is 0 Å². The van der Waals surface area contributed by atoms with E-state index in [2.05, 4.69) is 19.1 Å². The zero-order valence-corrected chi connectivity index (χ0v) is 14.9. The summed E-state index contributed by atoms with van der Waals surface area (Å²) in [6, 6.07) is 0. The van der Waals surface area contributed by atoms with Crippen LogP contribution in [0.3, 0.4) is 0 Å². The van der Waals surface area contributed by atoms with Gasteiger partial charge in [-0.1, -0.05) is 75.0 Å². The van der Waals surface area contributed by atoms with E-state index in [4.69, 9.17) is 0 Å². The maximum absolute atomic E-state index is 10.4. The van der Waals surface area contributed by atoms with Crippen molar-refractivity contribution in [1.82, 2.24) is 0 Å². The number of unbranched alkanes of at least 4 members (excludes halogenated alkanes) is 12. The van der Waals surface area contributed by atoms with Crippen molar-refractivity contribution in [2.45, 2.75) is 96.8 Å². The Morgan fingerprint density at radius 2 is 1.14 bits per heavy atom. The van der Waals surface area contributed by atoms with Crippen molar-refractivity contribution >= 4 is 8.03 Å². The first-order chi connectivity index (χ1) is 10.3. The van der Waals surface area contributed by atoms with Gasteiger partial charge in [-0.05, 0) is 38.5 Å². The average Bonchev–Trinajstić information content (AvgIpc) is 2.46. The van der Waals surface area contributed by atoms with E-state index in [9.17, 15) is 9.46 Å². The molecule has 1 atom stereocenters. The molecule has 0 aromatic carbocycles. The highest BCUT2D eigenvalue weighted by atomic mass is 31.1. The first-order valence-corrected chi connectivity index (χ1v) is 10.4. The number of hydrogen-bond acceptors (Lipinski definition) is 2. The monoisotopic (exact) mass is 314 g/mol. The fourth-order valence-corrected chi connectivity index (χ4v) is 2.97. The molecule has 0 aliphatic rings. The van der Waals surface area contributed by atoms with Gasteiger partial charge in [-0.3, -0.25) is 0 Å². The minimum absolute atomic E-state index is 0.372. The van der Waals surface area contributed by atoms with Gasteiger partial charge in [-0.25, -0.2) is 0 Å². The van der Waals surface area contributed by atoms with Crippen molar-refractivity contribution in [2.24, 2.45) is 0 Å². The molecule has 0 aliphatic heterocycles. The van der Waals surface area contributed by atoms with E-state index in [1.807, 2.05) is 0 Å². The fourth-order valence-electron chi connectivity index (χ4n) is 2.49. The third-order valence-electron chi connectivity index (χ3n) is 3.85. The van der Waals surface area contributed by atoms with Crippen LogP contribution in [0.15, 0.2) is 12.2 Å². The van der Waals surface area contributed by atoms with E-state index in [1.165, 1.54) is 77.0 Å². The summed E-state index contributed by atoms with van der Waals surface area (Å²) in [6.45, 7) is 2.26. The van der Waals surface area contributed by atoms with Gasteiger partial charge in [-0.15, -0.1) is 0 Å². The Bertz CT molecular complexity index is 252. The van der Waals surface area contributed by atoms with E-state index in [-0.39, 0.29) is 0 Å². The van der Waals surface area contributed by atoms with Crippen LogP contribution >= 0.6 is 8.03 Å². The number of rotatable bonds is 16. The van der Waals surface area contributed by atoms with Crippen LogP contribution in [-0.4, -0.2) is 6.16 Å². The number of hydrogen-bond donors (Lipinski definition) is 0. The standard InChI is InChI=1S/C18H35O2P/c1-2-3-4-5-6-7-8-9-10-11-12-13-14-15-16-17-18-21(19)20/h9-10H,2-8,11-18H2,1H3. The van der Waals surface area contributed by atoms with E-state index in [1.54, 1.807) is 0 Å². The molecule has 3 heteroatoms. The second-order valence-corrected chi connectivity index (χ2v) is 7.11. The zero-order valence-electron chi connectivity index (χ0n) is 14.0. The van der Waals surface area contributed by atoms with Crippen LogP contribution in [-0.2, 0) is 4.57 Å². The maximum Gasteiger partial charge on any atom is 0.308 e. The Balaban J connectivity index is 3.07. The van der Waals surface area contributed by atoms with Crippen LogP contribution in [0.4, 0.5) is 0 Å². The summed E-state index contributed by atoms with van der Waals surface area (Å²) in [5.74, 6) is 0. The van der Waals surface area contributed by atoms with Crippen LogP contribution in [0.2, 0.25) is 0 Å². The van der Waals surface area contributed by atoms with Crippen molar-refractivity contribution in [3.63, 3.8) is 0 Å². The third kappa shape index (κ3) is 19.8. The molecule has 0 aromatic rings. The van der Waals surface area contributed by atoms with Gasteiger partial charge in [0.05, 0.1) is 0 Å². The summed E-state index contributed by atoms with van der Waals surface area (Å²) in [5.41, 5.74) is 0. The van der Waals surface area contributed by atoms with E-state index in [0.29, 0.717) is 6.16 Å². The van der Waals surface area contributed by atoms with Crippen molar-refractivity contribution in [3.05, 3.63) is 12.2 Å². The molecular formula is C18H35O2P. The van der Waals surface area contributed by atoms with E-state index in [0.717, 1.165) is 12.8 Å². The summed E-state index contributed by atoms with van der Waals surface area (Å²) < 4.78 is 10.4. The minimum atomic E-state index is -2.15. The van der Waals surface area contributed by atoms with Gasteiger partial charge in [-0.2, -0.15) is 0 Å². The van der Waals surface area contributed by atoms with Crippen LogP contribution in [0, 0.1) is 0 Å². The fraction of sp³-hybridized carbons (Fsp3) is 0.889. The Kier molecular flexibility index (Phi) is 17.7. The first kappa shape index (κ1) is 20.8. The van der Waals surface area contributed by atoms with Crippen LogP contribution < -0.4 is 4.89 Å². The summed E-state index contributed by atoms with van der Waals surface area (Å²) in [7, 11) is -2.15. The molecular weight excluding hydrogens is 279 g/mol. The van der Waals surface area contributed by atoms with Gasteiger partial charge in [0.25, 0.3) is 0 Å². The molecule has 0 fully saturated rings. The smallest absolute Gasteiger partial charge is 0.308 e. The predicted octanol–water partition coefficient (Wildman–Crippen LogP) is 6.13. The Labute approximate surface area is 133 Å². The van der Waals surface area contributed by atoms with Gasteiger partial charge in [0, 0.05) is 0 Å². The lowest BCUT2D eigenvalue weighted by atomic mass is 10.1. The molecule has 0 heterocycles. The molecule has 0 saturated heterocycles. The molecule has 124 valence electrons. The van der Waals surface area contributed by atoms with Crippen molar-refractivity contribution in [1.29, 1.82) is 0 Å². The second-order valence-electron chi connectivity index (χ2n) is 5.99. The van der Waals surface area contributed by atoms with Gasteiger partial charge >= 0.3 is 8.03 Å². The molecule has 21 heavy (non-hydrogen) atoms. The molecule has 0 N–H and O–H groups in total. The summed E-state index contributed by atoms with van der Waals surface area (Å²) in [5, 5.41) is 0. The molecule has 0 aromatic heterocycles. The third-order valence-corrected chi connectivity index (χ3v) is 4.53. The van der Waals surface area contributed by atoms with Crippen molar-refractivity contribution in [2.75, 3.05) is 6.16 Å². The number of allylic oxidation sites excluding steroid dienone is 2. The Hall–Kier alpha value is -0.200. The molecule has 0 aliphatic carbocycles. The largest absolute Gasteiger partial charge is 0.596 e. The predicted molar refractivity (Wildman–Crippen MR) is 91.9 cm³/mol. The molecule has 0 amide bonds. The van der Waals surface area contributed by atoms with E-state index < -0.39 is 8.03 Å². The summed E-state index contributed by atoms with van der Waals surface area (Å²) >= 11 is 0. The van der Waals surface area contributed by atoms with Gasteiger partial charge < -0.3 is 4.89 Å². The summed E-state index contributed by atoms with van der Waals surface area (Å²) in [4.78, 5) is 10.4. The zero-order chi connectivity index (χ0) is 15.6. The highest BCUT2D eigenvalue weighted by molar-refractivity contribution is 7.36. The van der Waals surface area contributed by atoms with Gasteiger partial charge in [0.2, 0.25) is 0 Å². The second kappa shape index (κ2) is 17.9. The molecule has 0 rings (SSSR count). The molecule has 0 radical (unpaired) electrons. The van der Waals surface area contributed by atoms with Crippen LogP contribution in [0.1, 0.15) is 96.8 Å². The van der Waals surface area contributed by atoms with Crippen LogP contribution in [0.5, 0.6) is 0 Å². The minimum Gasteiger partial charge on any atom is -0.596 e. The Morgan fingerprint density at radius 1 is 0.714 bits per heavy atom. The maximum atomic E-state index is 10.4.